The van der Waals surface area contributed by atoms with E-state index in [0.29, 0.717) is 13.0 Å². The second-order valence-electron chi connectivity index (χ2n) is 13.4. The molecule has 1 amide bonds. The van der Waals surface area contributed by atoms with E-state index in [4.69, 9.17) is 4.74 Å². The molecule has 8 heteroatoms. The van der Waals surface area contributed by atoms with Crippen LogP contribution in [0.1, 0.15) is 90.9 Å². The molecule has 7 atom stereocenters. The number of rotatable bonds is 9. The van der Waals surface area contributed by atoms with E-state index in [9.17, 15) is 29.4 Å². The Bertz CT molecular complexity index is 1190. The number of fused-ring (bicyclic) bond motifs is 5. The highest BCUT2D eigenvalue weighted by atomic mass is 16.5. The van der Waals surface area contributed by atoms with Gasteiger partial charge in [0, 0.05) is 29.7 Å². The van der Waals surface area contributed by atoms with Gasteiger partial charge in [0.1, 0.15) is 5.60 Å². The number of aliphatic hydroxyl groups is 2. The summed E-state index contributed by atoms with van der Waals surface area (Å²) in [4.78, 5) is 50.0. The summed E-state index contributed by atoms with van der Waals surface area (Å²) in [5.74, 6) is -1.40. The highest BCUT2D eigenvalue weighted by molar-refractivity contribution is 6.01. The predicted octanol–water partition coefficient (Wildman–Crippen LogP) is 3.90. The number of nitrogens with one attached hydrogen (secondary N) is 1. The molecule has 0 radical (unpaired) electrons. The molecule has 0 aliphatic heterocycles. The molecule has 224 valence electrons. The molecular formula is C33H45NO7. The van der Waals surface area contributed by atoms with E-state index >= 15 is 0 Å². The number of hydrogen-bond acceptors (Lipinski definition) is 7. The van der Waals surface area contributed by atoms with Crippen molar-refractivity contribution >= 4 is 23.4 Å². The van der Waals surface area contributed by atoms with Crippen LogP contribution in [0.15, 0.2) is 35.5 Å². The Balaban J connectivity index is 1.14. The lowest BCUT2D eigenvalue weighted by Gasteiger charge is -2.59. The molecule has 0 saturated heterocycles. The molecule has 0 unspecified atom stereocenters. The Kier molecular flexibility index (Phi) is 8.46. The van der Waals surface area contributed by atoms with Crippen molar-refractivity contribution in [3.8, 4) is 0 Å². The van der Waals surface area contributed by atoms with Crippen molar-refractivity contribution in [2.24, 2.45) is 28.6 Å². The second kappa shape index (κ2) is 11.6. The Morgan fingerprint density at radius 1 is 1.12 bits per heavy atom. The van der Waals surface area contributed by atoms with Crippen molar-refractivity contribution in [3.05, 3.63) is 35.5 Å². The number of amides is 1. The van der Waals surface area contributed by atoms with E-state index < -0.39 is 40.9 Å². The third kappa shape index (κ3) is 5.50. The minimum Gasteiger partial charge on any atom is -0.458 e. The van der Waals surface area contributed by atoms with Crippen LogP contribution < -0.4 is 5.32 Å². The molecule has 3 saturated carbocycles. The molecule has 5 rings (SSSR count). The molecule has 41 heavy (non-hydrogen) atoms. The molecule has 5 aliphatic rings. The van der Waals surface area contributed by atoms with Gasteiger partial charge in [-0.1, -0.05) is 37.1 Å². The first-order chi connectivity index (χ1) is 19.5. The minimum absolute atomic E-state index is 0.0133. The van der Waals surface area contributed by atoms with Gasteiger partial charge in [0.15, 0.2) is 12.4 Å². The van der Waals surface area contributed by atoms with Crippen LogP contribution in [0.5, 0.6) is 0 Å². The number of hydrogen-bond donors (Lipinski definition) is 3. The van der Waals surface area contributed by atoms with Crippen molar-refractivity contribution in [1.29, 1.82) is 0 Å². The lowest BCUT2D eigenvalue weighted by molar-refractivity contribution is -0.181. The van der Waals surface area contributed by atoms with Gasteiger partial charge in [-0.05, 0) is 88.2 Å². The zero-order valence-corrected chi connectivity index (χ0v) is 24.5. The quantitative estimate of drug-likeness (QED) is 0.285. The lowest BCUT2D eigenvalue weighted by Crippen LogP contribution is -2.61. The van der Waals surface area contributed by atoms with Crippen LogP contribution in [-0.2, 0) is 23.9 Å². The SMILES string of the molecule is C[C@]12C=CC(=O)C=C1CC[C@H]1[C@H]2[C@H](O)C[C@@]2(C)[C@H]1CC[C@]2(O)C(=O)COC(=O)CCC(=O)NCCC1=CCCCC1. The largest absolute Gasteiger partial charge is 0.458 e. The third-order valence-electron chi connectivity index (χ3n) is 11.2. The number of aliphatic hydroxyl groups excluding tert-OH is 1. The van der Waals surface area contributed by atoms with Gasteiger partial charge in [-0.25, -0.2) is 0 Å². The van der Waals surface area contributed by atoms with Gasteiger partial charge < -0.3 is 20.3 Å². The first-order valence-corrected chi connectivity index (χ1v) is 15.5. The van der Waals surface area contributed by atoms with Crippen molar-refractivity contribution in [2.45, 2.75) is 103 Å². The van der Waals surface area contributed by atoms with Crippen LogP contribution in [0.3, 0.4) is 0 Å². The second-order valence-corrected chi connectivity index (χ2v) is 13.4. The summed E-state index contributed by atoms with van der Waals surface area (Å²) in [7, 11) is 0. The summed E-state index contributed by atoms with van der Waals surface area (Å²) in [5.41, 5.74) is -0.545. The summed E-state index contributed by atoms with van der Waals surface area (Å²) >= 11 is 0. The number of carbonyl (C=O) groups excluding carboxylic acids is 4. The van der Waals surface area contributed by atoms with Crippen LogP contribution in [-0.4, -0.2) is 58.5 Å². The van der Waals surface area contributed by atoms with E-state index in [0.717, 1.165) is 37.7 Å². The number of ketones is 2. The predicted molar refractivity (Wildman–Crippen MR) is 152 cm³/mol. The van der Waals surface area contributed by atoms with Gasteiger partial charge >= 0.3 is 5.97 Å². The third-order valence-corrected chi connectivity index (χ3v) is 11.2. The van der Waals surface area contributed by atoms with Gasteiger partial charge in [0.2, 0.25) is 11.7 Å². The smallest absolute Gasteiger partial charge is 0.306 e. The van der Waals surface area contributed by atoms with Crippen LogP contribution in [0.25, 0.3) is 0 Å². The molecule has 8 nitrogen and oxygen atoms in total. The summed E-state index contributed by atoms with van der Waals surface area (Å²) in [5, 5.41) is 26.1. The Morgan fingerprint density at radius 2 is 1.93 bits per heavy atom. The minimum atomic E-state index is -1.70. The summed E-state index contributed by atoms with van der Waals surface area (Å²) < 4.78 is 5.24. The first-order valence-electron chi connectivity index (χ1n) is 15.5. The molecule has 0 heterocycles. The van der Waals surface area contributed by atoms with E-state index in [2.05, 4.69) is 18.3 Å². The maximum atomic E-state index is 13.4. The van der Waals surface area contributed by atoms with Gasteiger partial charge in [-0.15, -0.1) is 0 Å². The molecule has 0 aromatic carbocycles. The molecular weight excluding hydrogens is 522 g/mol. The van der Waals surface area contributed by atoms with E-state index in [-0.39, 0.29) is 55.1 Å². The number of carbonyl (C=O) groups is 4. The van der Waals surface area contributed by atoms with Crippen molar-refractivity contribution in [3.63, 3.8) is 0 Å². The Labute approximate surface area is 242 Å². The van der Waals surface area contributed by atoms with Crippen molar-refractivity contribution in [1.82, 2.24) is 5.32 Å². The molecule has 0 spiro atoms. The molecule has 0 aromatic heterocycles. The number of ether oxygens (including phenoxy) is 1. The van der Waals surface area contributed by atoms with Crippen LogP contribution >= 0.6 is 0 Å². The van der Waals surface area contributed by atoms with Crippen LogP contribution in [0.2, 0.25) is 0 Å². The molecule has 0 aromatic rings. The molecule has 3 fully saturated rings. The fraction of sp³-hybridized carbons (Fsp3) is 0.697. The number of Topliss-reactive ketones (excluding diaryl/α,β-unsaturated/α-hetero) is 1. The van der Waals surface area contributed by atoms with E-state index in [1.807, 2.05) is 13.0 Å². The van der Waals surface area contributed by atoms with E-state index in [1.54, 1.807) is 12.2 Å². The summed E-state index contributed by atoms with van der Waals surface area (Å²) in [6.07, 6.45) is 14.7. The summed E-state index contributed by atoms with van der Waals surface area (Å²) in [6.45, 7) is 3.98. The van der Waals surface area contributed by atoms with Crippen molar-refractivity contribution < 1.29 is 34.1 Å². The zero-order valence-electron chi connectivity index (χ0n) is 24.5. The summed E-state index contributed by atoms with van der Waals surface area (Å²) in [6, 6.07) is 0. The Morgan fingerprint density at radius 3 is 2.68 bits per heavy atom. The molecule has 5 aliphatic carbocycles. The maximum Gasteiger partial charge on any atom is 0.306 e. The van der Waals surface area contributed by atoms with Crippen LogP contribution in [0.4, 0.5) is 0 Å². The average molecular weight is 568 g/mol. The maximum absolute atomic E-state index is 13.4. The number of allylic oxidation sites excluding steroid dienone is 5. The van der Waals surface area contributed by atoms with Gasteiger partial charge in [-0.3, -0.25) is 19.2 Å². The standard InChI is InChI=1S/C33H45NO7/c1-31-15-12-23(35)18-22(31)8-9-24-25-13-16-33(40,32(25,2)19-26(36)30(24)31)27(37)20-41-29(39)11-10-28(38)34-17-14-21-6-4-3-5-7-21/h6,12,15,18,24-26,30,36,40H,3-5,7-11,13-14,16-17,19-20H2,1-2H3,(H,34,38)/t24-,25+,26-,30+,31+,32+,33+/m1/s1. The average Bonchev–Trinajstić information content (AvgIpc) is 3.22. The Hall–Kier alpha value is -2.58. The normalized spacial score (nSPS) is 37.7. The van der Waals surface area contributed by atoms with Gasteiger partial charge in [-0.2, -0.15) is 0 Å². The van der Waals surface area contributed by atoms with E-state index in [1.165, 1.54) is 18.4 Å². The highest BCUT2D eigenvalue weighted by Gasteiger charge is 2.68. The highest BCUT2D eigenvalue weighted by Crippen LogP contribution is 2.67. The fourth-order valence-electron chi connectivity index (χ4n) is 8.92. The number of esters is 1. The first kappa shape index (κ1) is 29.9. The van der Waals surface area contributed by atoms with Gasteiger partial charge in [0.05, 0.1) is 12.5 Å². The zero-order chi connectivity index (χ0) is 29.4. The van der Waals surface area contributed by atoms with Crippen LogP contribution in [0, 0.1) is 28.6 Å². The lowest BCUT2D eigenvalue weighted by atomic mass is 9.46. The monoisotopic (exact) mass is 567 g/mol. The fourth-order valence-corrected chi connectivity index (χ4v) is 8.92. The molecule has 3 N–H and O–H groups in total. The molecule has 0 bridgehead atoms. The van der Waals surface area contributed by atoms with Crippen molar-refractivity contribution in [2.75, 3.05) is 13.2 Å². The van der Waals surface area contributed by atoms with Gasteiger partial charge in [0.25, 0.3) is 0 Å². The topological polar surface area (TPSA) is 130 Å².